The lowest BCUT2D eigenvalue weighted by Crippen LogP contribution is -2.14. The Labute approximate surface area is 97.8 Å². The lowest BCUT2D eigenvalue weighted by Gasteiger charge is -2.09. The van der Waals surface area contributed by atoms with E-state index < -0.39 is 0 Å². The van der Waals surface area contributed by atoms with Crippen molar-refractivity contribution in [3.05, 3.63) is 22.7 Å². The molecule has 0 radical (unpaired) electrons. The molecular formula is C11H14N2O2S. The second-order valence-corrected chi connectivity index (χ2v) is 4.79. The normalized spacial score (nSPS) is 11.2. The molecule has 0 saturated heterocycles. The SMILES string of the molecule is COC(=O)c1[nH]c2ccsc2c1CN(C)C. The first kappa shape index (κ1) is 11.2. The van der Waals surface area contributed by atoms with Gasteiger partial charge in [0.2, 0.25) is 0 Å². The van der Waals surface area contributed by atoms with E-state index in [1.807, 2.05) is 30.4 Å². The number of thiophene rings is 1. The van der Waals surface area contributed by atoms with Crippen molar-refractivity contribution in [1.29, 1.82) is 0 Å². The number of aromatic amines is 1. The van der Waals surface area contributed by atoms with Crippen LogP contribution in [-0.2, 0) is 11.3 Å². The van der Waals surface area contributed by atoms with E-state index in [0.29, 0.717) is 5.69 Å². The van der Waals surface area contributed by atoms with Crippen LogP contribution in [-0.4, -0.2) is 37.1 Å². The zero-order valence-electron chi connectivity index (χ0n) is 9.53. The molecule has 16 heavy (non-hydrogen) atoms. The monoisotopic (exact) mass is 238 g/mol. The first-order chi connectivity index (χ1) is 7.63. The molecular weight excluding hydrogens is 224 g/mol. The molecule has 2 rings (SSSR count). The topological polar surface area (TPSA) is 45.3 Å². The fourth-order valence-corrected chi connectivity index (χ4v) is 2.60. The number of carbonyl (C=O) groups is 1. The van der Waals surface area contributed by atoms with Gasteiger partial charge in [-0.1, -0.05) is 0 Å². The summed E-state index contributed by atoms with van der Waals surface area (Å²) in [4.78, 5) is 16.8. The number of ether oxygens (including phenoxy) is 1. The number of nitrogens with one attached hydrogen (secondary N) is 1. The first-order valence-electron chi connectivity index (χ1n) is 4.94. The smallest absolute Gasteiger partial charge is 0.354 e. The zero-order chi connectivity index (χ0) is 11.7. The minimum absolute atomic E-state index is 0.305. The molecule has 0 aliphatic heterocycles. The van der Waals surface area contributed by atoms with Crippen molar-refractivity contribution in [1.82, 2.24) is 9.88 Å². The molecule has 0 unspecified atom stereocenters. The molecule has 0 aromatic carbocycles. The van der Waals surface area contributed by atoms with Crippen LogP contribution in [0.2, 0.25) is 0 Å². The highest BCUT2D eigenvalue weighted by Crippen LogP contribution is 2.28. The van der Waals surface area contributed by atoms with Crippen molar-refractivity contribution in [3.63, 3.8) is 0 Å². The number of methoxy groups -OCH3 is 1. The van der Waals surface area contributed by atoms with E-state index >= 15 is 0 Å². The molecule has 0 aliphatic rings. The summed E-state index contributed by atoms with van der Waals surface area (Å²) in [5.41, 5.74) is 2.59. The van der Waals surface area contributed by atoms with E-state index in [9.17, 15) is 4.79 Å². The Bertz CT molecular complexity index is 513. The predicted molar refractivity (Wildman–Crippen MR) is 64.9 cm³/mol. The molecule has 0 fully saturated rings. The van der Waals surface area contributed by atoms with Gasteiger partial charge in [-0.25, -0.2) is 4.79 Å². The molecule has 0 atom stereocenters. The molecule has 2 heterocycles. The number of H-pyrrole nitrogens is 1. The summed E-state index contributed by atoms with van der Waals surface area (Å²) in [6.07, 6.45) is 0. The lowest BCUT2D eigenvalue weighted by molar-refractivity contribution is 0.0593. The number of carbonyl (C=O) groups excluding carboxylic acids is 1. The Morgan fingerprint density at radius 3 is 2.94 bits per heavy atom. The number of rotatable bonds is 3. The molecule has 2 aromatic heterocycles. The van der Waals surface area contributed by atoms with E-state index in [-0.39, 0.29) is 5.97 Å². The Morgan fingerprint density at radius 2 is 2.31 bits per heavy atom. The van der Waals surface area contributed by atoms with Crippen LogP contribution in [0.4, 0.5) is 0 Å². The summed E-state index contributed by atoms with van der Waals surface area (Å²) in [6.45, 7) is 0.727. The van der Waals surface area contributed by atoms with Gasteiger partial charge in [-0.3, -0.25) is 0 Å². The molecule has 0 aliphatic carbocycles. The van der Waals surface area contributed by atoms with Crippen LogP contribution in [0.3, 0.4) is 0 Å². The third-order valence-corrected chi connectivity index (χ3v) is 3.34. The van der Waals surface area contributed by atoms with Crippen molar-refractivity contribution in [2.45, 2.75) is 6.54 Å². The van der Waals surface area contributed by atoms with Gasteiger partial charge < -0.3 is 14.6 Å². The quantitative estimate of drug-likeness (QED) is 0.833. The average Bonchev–Trinajstić information content (AvgIpc) is 2.79. The minimum atomic E-state index is -0.305. The Kier molecular flexibility index (Phi) is 2.98. The fourth-order valence-electron chi connectivity index (χ4n) is 1.71. The number of nitrogens with zero attached hydrogens (tertiary/aromatic N) is 1. The second-order valence-electron chi connectivity index (χ2n) is 3.87. The largest absolute Gasteiger partial charge is 0.464 e. The zero-order valence-corrected chi connectivity index (χ0v) is 10.4. The standard InChI is InChI=1S/C11H14N2O2S/c1-13(2)6-7-9(11(14)15-3)12-8-4-5-16-10(7)8/h4-5,12H,6H2,1-3H3. The highest BCUT2D eigenvalue weighted by Gasteiger charge is 2.19. The Hall–Kier alpha value is -1.33. The van der Waals surface area contributed by atoms with Gasteiger partial charge in [0.15, 0.2) is 0 Å². The van der Waals surface area contributed by atoms with Crippen LogP contribution < -0.4 is 0 Å². The van der Waals surface area contributed by atoms with E-state index in [1.54, 1.807) is 11.3 Å². The number of hydrogen-bond donors (Lipinski definition) is 1. The number of fused-ring (bicyclic) bond motifs is 1. The van der Waals surface area contributed by atoms with E-state index in [2.05, 4.69) is 4.98 Å². The third kappa shape index (κ3) is 1.83. The van der Waals surface area contributed by atoms with Crippen molar-refractivity contribution < 1.29 is 9.53 Å². The lowest BCUT2D eigenvalue weighted by atomic mass is 10.2. The number of hydrogen-bond acceptors (Lipinski definition) is 4. The Morgan fingerprint density at radius 1 is 1.56 bits per heavy atom. The van der Waals surface area contributed by atoms with Gasteiger partial charge in [0.25, 0.3) is 0 Å². The van der Waals surface area contributed by atoms with E-state index in [1.165, 1.54) is 7.11 Å². The number of esters is 1. The van der Waals surface area contributed by atoms with Gasteiger partial charge in [0.05, 0.1) is 17.3 Å². The van der Waals surface area contributed by atoms with Crippen LogP contribution in [0.5, 0.6) is 0 Å². The van der Waals surface area contributed by atoms with E-state index in [4.69, 9.17) is 4.74 Å². The third-order valence-electron chi connectivity index (χ3n) is 2.36. The van der Waals surface area contributed by atoms with Crippen LogP contribution in [0.1, 0.15) is 16.1 Å². The van der Waals surface area contributed by atoms with Gasteiger partial charge >= 0.3 is 5.97 Å². The van der Waals surface area contributed by atoms with Crippen LogP contribution >= 0.6 is 11.3 Å². The summed E-state index contributed by atoms with van der Waals surface area (Å²) in [5, 5.41) is 2.02. The maximum Gasteiger partial charge on any atom is 0.354 e. The fraction of sp³-hybridized carbons (Fsp3) is 0.364. The first-order valence-corrected chi connectivity index (χ1v) is 5.82. The molecule has 0 bridgehead atoms. The average molecular weight is 238 g/mol. The summed E-state index contributed by atoms with van der Waals surface area (Å²) in [7, 11) is 5.36. The molecule has 5 heteroatoms. The van der Waals surface area contributed by atoms with Crippen LogP contribution in [0.25, 0.3) is 10.2 Å². The number of aromatic nitrogens is 1. The predicted octanol–water partition coefficient (Wildman–Crippen LogP) is 2.08. The highest BCUT2D eigenvalue weighted by atomic mass is 32.1. The molecule has 86 valence electrons. The van der Waals surface area contributed by atoms with Gasteiger partial charge in [0.1, 0.15) is 5.69 Å². The van der Waals surface area contributed by atoms with Crippen LogP contribution in [0.15, 0.2) is 11.4 Å². The molecule has 2 aromatic rings. The van der Waals surface area contributed by atoms with Gasteiger partial charge in [-0.15, -0.1) is 11.3 Å². The van der Waals surface area contributed by atoms with Gasteiger partial charge in [0, 0.05) is 12.1 Å². The second kappa shape index (κ2) is 4.27. The van der Waals surface area contributed by atoms with Crippen molar-refractivity contribution in [3.8, 4) is 0 Å². The molecule has 1 N–H and O–H groups in total. The molecule has 0 saturated carbocycles. The van der Waals surface area contributed by atoms with Gasteiger partial charge in [-0.2, -0.15) is 0 Å². The summed E-state index contributed by atoms with van der Waals surface area (Å²) in [5.74, 6) is -0.305. The van der Waals surface area contributed by atoms with Crippen molar-refractivity contribution >= 4 is 27.5 Å². The molecule has 0 amide bonds. The minimum Gasteiger partial charge on any atom is -0.464 e. The van der Waals surface area contributed by atoms with Crippen LogP contribution in [0, 0.1) is 0 Å². The van der Waals surface area contributed by atoms with E-state index in [0.717, 1.165) is 22.3 Å². The van der Waals surface area contributed by atoms with Crippen molar-refractivity contribution in [2.24, 2.45) is 0 Å². The molecule has 0 spiro atoms. The Balaban J connectivity index is 2.53. The molecule has 4 nitrogen and oxygen atoms in total. The summed E-state index contributed by atoms with van der Waals surface area (Å²) < 4.78 is 5.91. The highest BCUT2D eigenvalue weighted by molar-refractivity contribution is 7.17. The maximum atomic E-state index is 11.6. The van der Waals surface area contributed by atoms with Crippen molar-refractivity contribution in [2.75, 3.05) is 21.2 Å². The summed E-state index contributed by atoms with van der Waals surface area (Å²) >= 11 is 1.64. The van der Waals surface area contributed by atoms with Gasteiger partial charge in [-0.05, 0) is 25.5 Å². The summed E-state index contributed by atoms with van der Waals surface area (Å²) in [6, 6.07) is 1.98. The maximum absolute atomic E-state index is 11.6.